The number of carbonyl (C=O) groups is 2. The number of nitro benzene ring substituents is 1. The number of carboxylic acids is 1. The molecule has 1 aromatic rings. The van der Waals surface area contributed by atoms with Crippen molar-refractivity contribution in [2.24, 2.45) is 0 Å². The third-order valence-electron chi connectivity index (χ3n) is 2.41. The Morgan fingerprint density at radius 1 is 1.45 bits per heavy atom. The summed E-state index contributed by atoms with van der Waals surface area (Å²) in [5, 5.41) is 32.5. The number of urea groups is 1. The van der Waals surface area contributed by atoms with Crippen molar-refractivity contribution in [3.8, 4) is 0 Å². The molecule has 0 spiro atoms. The number of aliphatic carboxylic acids is 1. The molecule has 9 heteroatoms. The number of nitrogens with one attached hydrogen (secondary N) is 2. The molecule has 0 saturated heterocycles. The number of anilines is 1. The monoisotopic (exact) mass is 283 g/mol. The third-order valence-corrected chi connectivity index (χ3v) is 2.41. The van der Waals surface area contributed by atoms with Gasteiger partial charge < -0.3 is 20.8 Å². The van der Waals surface area contributed by atoms with E-state index in [4.69, 9.17) is 10.2 Å². The number of amides is 2. The maximum atomic E-state index is 11.5. The summed E-state index contributed by atoms with van der Waals surface area (Å²) in [5.74, 6) is -1.45. The van der Waals surface area contributed by atoms with E-state index in [2.05, 4.69) is 10.6 Å². The van der Waals surface area contributed by atoms with Gasteiger partial charge in [0, 0.05) is 17.8 Å². The summed E-state index contributed by atoms with van der Waals surface area (Å²) >= 11 is 0. The summed E-state index contributed by atoms with van der Waals surface area (Å²) in [6, 6.07) is 3.17. The van der Waals surface area contributed by atoms with Gasteiger partial charge >= 0.3 is 12.0 Å². The highest BCUT2D eigenvalue weighted by Gasteiger charge is 2.15. The van der Waals surface area contributed by atoms with Crippen molar-refractivity contribution in [1.29, 1.82) is 0 Å². The predicted molar refractivity (Wildman–Crippen MR) is 68.5 cm³/mol. The molecule has 1 atom stereocenters. The van der Waals surface area contributed by atoms with Crippen LogP contribution >= 0.6 is 0 Å². The van der Waals surface area contributed by atoms with Crippen molar-refractivity contribution in [2.75, 3.05) is 11.9 Å². The Morgan fingerprint density at radius 3 is 2.60 bits per heavy atom. The zero-order chi connectivity index (χ0) is 15.3. The van der Waals surface area contributed by atoms with Gasteiger partial charge in [0.15, 0.2) is 6.10 Å². The van der Waals surface area contributed by atoms with Gasteiger partial charge in [-0.25, -0.2) is 9.59 Å². The van der Waals surface area contributed by atoms with Crippen molar-refractivity contribution in [3.63, 3.8) is 0 Å². The second-order valence-electron chi connectivity index (χ2n) is 3.95. The van der Waals surface area contributed by atoms with Crippen LogP contribution in [0.2, 0.25) is 0 Å². The van der Waals surface area contributed by atoms with Gasteiger partial charge in [-0.2, -0.15) is 0 Å². The van der Waals surface area contributed by atoms with E-state index in [0.29, 0.717) is 11.3 Å². The summed E-state index contributed by atoms with van der Waals surface area (Å²) in [4.78, 5) is 31.8. The number of nitro groups is 1. The van der Waals surface area contributed by atoms with Crippen molar-refractivity contribution < 1.29 is 24.7 Å². The number of non-ortho nitro benzene ring substituents is 1. The molecule has 0 heterocycles. The van der Waals surface area contributed by atoms with Crippen molar-refractivity contribution in [2.45, 2.75) is 13.0 Å². The second-order valence-corrected chi connectivity index (χ2v) is 3.95. The van der Waals surface area contributed by atoms with Crippen LogP contribution in [0.5, 0.6) is 0 Å². The molecule has 0 aliphatic heterocycles. The van der Waals surface area contributed by atoms with E-state index in [9.17, 15) is 19.7 Å². The zero-order valence-electron chi connectivity index (χ0n) is 10.5. The van der Waals surface area contributed by atoms with E-state index < -0.39 is 29.6 Å². The number of aliphatic hydroxyl groups excluding tert-OH is 1. The molecule has 2 amide bonds. The normalized spacial score (nSPS) is 11.5. The van der Waals surface area contributed by atoms with E-state index in [1.54, 1.807) is 6.92 Å². The topological polar surface area (TPSA) is 142 Å². The number of carbonyl (C=O) groups excluding carboxylic acids is 1. The Bertz CT molecular complexity index is 545. The Balaban J connectivity index is 2.62. The summed E-state index contributed by atoms with van der Waals surface area (Å²) in [6.45, 7) is 1.13. The average Bonchev–Trinajstić information content (AvgIpc) is 2.37. The lowest BCUT2D eigenvalue weighted by molar-refractivity contribution is -0.384. The van der Waals surface area contributed by atoms with Gasteiger partial charge in [-0.05, 0) is 18.6 Å². The minimum absolute atomic E-state index is 0.102. The Hall–Kier alpha value is -2.68. The fraction of sp³-hybridized carbons (Fsp3) is 0.273. The van der Waals surface area contributed by atoms with Crippen LogP contribution in [0, 0.1) is 17.0 Å². The first-order valence-electron chi connectivity index (χ1n) is 5.52. The molecule has 0 aliphatic carbocycles. The van der Waals surface area contributed by atoms with Crippen LogP contribution in [0.4, 0.5) is 16.2 Å². The number of hydrogen-bond donors (Lipinski definition) is 4. The molecule has 1 aromatic carbocycles. The number of nitrogens with zero attached hydrogens (tertiary/aromatic N) is 1. The SMILES string of the molecule is Cc1cc([N+](=O)[O-])ccc1NC(=O)NC[C@H](O)C(=O)O. The first-order valence-corrected chi connectivity index (χ1v) is 5.52. The van der Waals surface area contributed by atoms with Crippen molar-refractivity contribution in [3.05, 3.63) is 33.9 Å². The van der Waals surface area contributed by atoms with Crippen molar-refractivity contribution in [1.82, 2.24) is 5.32 Å². The molecule has 0 fully saturated rings. The van der Waals surface area contributed by atoms with Gasteiger partial charge in [-0.3, -0.25) is 10.1 Å². The molecular weight excluding hydrogens is 270 g/mol. The number of carboxylic acid groups (broad SMARTS) is 1. The van der Waals surface area contributed by atoms with E-state index >= 15 is 0 Å². The fourth-order valence-corrected chi connectivity index (χ4v) is 1.34. The lowest BCUT2D eigenvalue weighted by Gasteiger charge is -2.11. The molecule has 1 rings (SSSR count). The zero-order valence-corrected chi connectivity index (χ0v) is 10.5. The third kappa shape index (κ3) is 4.21. The van der Waals surface area contributed by atoms with Crippen LogP contribution in [-0.2, 0) is 4.79 Å². The van der Waals surface area contributed by atoms with Gasteiger partial charge in [0.05, 0.1) is 11.5 Å². The first-order chi connectivity index (χ1) is 9.31. The fourth-order valence-electron chi connectivity index (χ4n) is 1.34. The minimum Gasteiger partial charge on any atom is -0.479 e. The maximum Gasteiger partial charge on any atom is 0.334 e. The van der Waals surface area contributed by atoms with Gasteiger partial charge in [0.2, 0.25) is 0 Å². The van der Waals surface area contributed by atoms with Gasteiger partial charge in [-0.15, -0.1) is 0 Å². The van der Waals surface area contributed by atoms with Crippen LogP contribution in [0.25, 0.3) is 0 Å². The van der Waals surface area contributed by atoms with E-state index in [1.165, 1.54) is 18.2 Å². The Kier molecular flexibility index (Phi) is 4.98. The number of aryl methyl sites for hydroxylation is 1. The summed E-state index contributed by atoms with van der Waals surface area (Å²) < 4.78 is 0. The standard InChI is InChI=1S/C11H13N3O6/c1-6-4-7(14(19)20)2-3-8(6)13-11(18)12-5-9(15)10(16)17/h2-4,9,15H,5H2,1H3,(H,16,17)(H2,12,13,18)/t9-/m0/s1. The quantitative estimate of drug-likeness (QED) is 0.457. The highest BCUT2D eigenvalue weighted by molar-refractivity contribution is 5.90. The average molecular weight is 283 g/mol. The van der Waals surface area contributed by atoms with Crippen LogP contribution < -0.4 is 10.6 Å². The maximum absolute atomic E-state index is 11.5. The van der Waals surface area contributed by atoms with Gasteiger partial charge in [0.1, 0.15) is 0 Å². The van der Waals surface area contributed by atoms with Crippen LogP contribution in [0.15, 0.2) is 18.2 Å². The van der Waals surface area contributed by atoms with Gasteiger partial charge in [-0.1, -0.05) is 0 Å². The largest absolute Gasteiger partial charge is 0.479 e. The predicted octanol–water partition coefficient (Wildman–Crippen LogP) is 0.470. The summed E-state index contributed by atoms with van der Waals surface area (Å²) in [7, 11) is 0. The van der Waals surface area contributed by atoms with E-state index in [0.717, 1.165) is 0 Å². The molecule has 4 N–H and O–H groups in total. The minimum atomic E-state index is -1.70. The second kappa shape index (κ2) is 6.48. The number of rotatable bonds is 5. The molecule has 0 radical (unpaired) electrons. The molecule has 0 bridgehead atoms. The molecular formula is C11H13N3O6. The van der Waals surface area contributed by atoms with Crippen LogP contribution in [0.1, 0.15) is 5.56 Å². The molecule has 0 aromatic heterocycles. The van der Waals surface area contributed by atoms with E-state index in [1.807, 2.05) is 0 Å². The lowest BCUT2D eigenvalue weighted by atomic mass is 10.2. The first kappa shape index (κ1) is 15.4. The smallest absolute Gasteiger partial charge is 0.334 e. The molecule has 0 aliphatic rings. The lowest BCUT2D eigenvalue weighted by Crippen LogP contribution is -2.38. The van der Waals surface area contributed by atoms with Crippen molar-refractivity contribution >= 4 is 23.4 Å². The molecule has 0 unspecified atom stereocenters. The number of aliphatic hydroxyl groups is 1. The van der Waals surface area contributed by atoms with Crippen LogP contribution in [0.3, 0.4) is 0 Å². The molecule has 20 heavy (non-hydrogen) atoms. The molecule has 108 valence electrons. The highest BCUT2D eigenvalue weighted by atomic mass is 16.6. The van der Waals surface area contributed by atoms with Gasteiger partial charge in [0.25, 0.3) is 5.69 Å². The molecule has 9 nitrogen and oxygen atoms in total. The van der Waals surface area contributed by atoms with E-state index in [-0.39, 0.29) is 5.69 Å². The van der Waals surface area contributed by atoms with Crippen LogP contribution in [-0.4, -0.2) is 39.8 Å². The Labute approximate surface area is 113 Å². The Morgan fingerprint density at radius 2 is 2.10 bits per heavy atom. The summed E-state index contributed by atoms with van der Waals surface area (Å²) in [6.07, 6.45) is -1.70. The highest BCUT2D eigenvalue weighted by Crippen LogP contribution is 2.20. The number of benzene rings is 1. The number of hydrogen-bond acceptors (Lipinski definition) is 5. The summed E-state index contributed by atoms with van der Waals surface area (Å²) in [5.41, 5.74) is 0.723. The molecule has 0 saturated carbocycles.